The van der Waals surface area contributed by atoms with Gasteiger partial charge in [-0.25, -0.2) is 9.59 Å². The largest absolute Gasteiger partial charge is 0.480 e. The first kappa shape index (κ1) is 28.8. The monoisotopic (exact) mass is 553 g/mol. The molecule has 0 aliphatic carbocycles. The van der Waals surface area contributed by atoms with E-state index in [4.69, 9.17) is 4.74 Å². The smallest absolute Gasteiger partial charge is 0.407 e. The minimum Gasteiger partial charge on any atom is -0.480 e. The van der Waals surface area contributed by atoms with E-state index >= 15 is 0 Å². The molecule has 210 valence electrons. The van der Waals surface area contributed by atoms with Gasteiger partial charge in [0, 0.05) is 18.2 Å². The van der Waals surface area contributed by atoms with Crippen molar-refractivity contribution in [2.75, 3.05) is 6.54 Å². The van der Waals surface area contributed by atoms with E-state index in [0.29, 0.717) is 5.69 Å². The quantitative estimate of drug-likeness (QED) is 0.191. The molecule has 0 bridgehead atoms. The van der Waals surface area contributed by atoms with Gasteiger partial charge in [0.15, 0.2) is 0 Å². The molecule has 1 atom stereocenters. The fourth-order valence-electron chi connectivity index (χ4n) is 4.44. The van der Waals surface area contributed by atoms with Crippen LogP contribution < -0.4 is 16.2 Å². The van der Waals surface area contributed by atoms with E-state index in [0.717, 1.165) is 16.7 Å². The van der Waals surface area contributed by atoms with Crippen molar-refractivity contribution in [3.63, 3.8) is 0 Å². The molecular weight excluding hydrogens is 522 g/mol. The summed E-state index contributed by atoms with van der Waals surface area (Å²) in [5, 5.41) is 14.6. The zero-order chi connectivity index (χ0) is 29.0. The highest BCUT2D eigenvalue weighted by Crippen LogP contribution is 2.30. The van der Waals surface area contributed by atoms with Crippen molar-refractivity contribution in [2.24, 2.45) is 0 Å². The van der Waals surface area contributed by atoms with E-state index < -0.39 is 29.6 Å². The average molecular weight is 554 g/mol. The molecule has 4 aromatic rings. The van der Waals surface area contributed by atoms with Crippen LogP contribution in [0.1, 0.15) is 51.5 Å². The van der Waals surface area contributed by atoms with Crippen molar-refractivity contribution < 1.29 is 24.2 Å². The lowest BCUT2D eigenvalue weighted by atomic mass is 9.88. The summed E-state index contributed by atoms with van der Waals surface area (Å²) in [6, 6.07) is 30.4. The van der Waals surface area contributed by atoms with E-state index in [2.05, 4.69) is 15.6 Å². The Morgan fingerprint density at radius 1 is 0.805 bits per heavy atom. The molecule has 4 N–H and O–H groups in total. The highest BCUT2D eigenvalue weighted by Gasteiger charge is 2.23. The second-order valence-corrected chi connectivity index (χ2v) is 9.41. The number of hydrogen-bond acceptors (Lipinski definition) is 5. The van der Waals surface area contributed by atoms with Crippen LogP contribution in [0.5, 0.6) is 0 Å². The molecule has 1 aromatic heterocycles. The average Bonchev–Trinajstić information content (AvgIpc) is 2.99. The van der Waals surface area contributed by atoms with Crippen LogP contribution in [0.3, 0.4) is 0 Å². The number of carboxylic acids is 1. The Morgan fingerprint density at radius 3 is 1.95 bits per heavy atom. The van der Waals surface area contributed by atoms with E-state index in [1.165, 1.54) is 6.07 Å². The van der Waals surface area contributed by atoms with Gasteiger partial charge in [-0.05, 0) is 41.7 Å². The summed E-state index contributed by atoms with van der Waals surface area (Å²) in [6.45, 7) is 0.272. The molecule has 0 radical (unpaired) electrons. The second kappa shape index (κ2) is 14.3. The number of H-pyrrole nitrogens is 1. The van der Waals surface area contributed by atoms with Crippen LogP contribution in [0.15, 0.2) is 108 Å². The maximum absolute atomic E-state index is 13.0. The molecule has 9 nitrogen and oxygen atoms in total. The summed E-state index contributed by atoms with van der Waals surface area (Å²) in [4.78, 5) is 52.3. The van der Waals surface area contributed by atoms with Crippen LogP contribution in [-0.2, 0) is 16.1 Å². The summed E-state index contributed by atoms with van der Waals surface area (Å²) in [7, 11) is 0. The molecule has 3 aromatic carbocycles. The summed E-state index contributed by atoms with van der Waals surface area (Å²) in [5.41, 5.74) is 2.57. The fourth-order valence-corrected chi connectivity index (χ4v) is 4.44. The van der Waals surface area contributed by atoms with Crippen LogP contribution in [0, 0.1) is 0 Å². The number of carboxylic acid groups (broad SMARTS) is 1. The number of pyridine rings is 1. The predicted octanol–water partition coefficient (Wildman–Crippen LogP) is 4.44. The van der Waals surface area contributed by atoms with Crippen LogP contribution in [0.2, 0.25) is 0 Å². The number of carbonyl (C=O) groups excluding carboxylic acids is 2. The van der Waals surface area contributed by atoms with Gasteiger partial charge >= 0.3 is 12.1 Å². The second-order valence-electron chi connectivity index (χ2n) is 9.41. The Bertz CT molecular complexity index is 1470. The molecule has 0 aliphatic rings. The standard InChI is InChI=1S/C32H31N3O6/c36-29-25(18-19-26(34-29)28(23-13-6-2-7-14-23)24-15-8-3-9-16-24)30(37)35-27(31(38)39)17-10-20-33-32(40)41-21-22-11-4-1-5-12-22/h1-9,11-16,18-19,27-28H,10,17,20-21H2,(H,33,40)(H,34,36)(H,35,37)(H,38,39)/t27-/m0/s1. The third kappa shape index (κ3) is 8.15. The first-order valence-corrected chi connectivity index (χ1v) is 13.2. The number of alkyl carbamates (subject to hydrolysis) is 1. The van der Waals surface area contributed by atoms with Gasteiger partial charge in [0.25, 0.3) is 11.5 Å². The van der Waals surface area contributed by atoms with Crippen molar-refractivity contribution in [1.29, 1.82) is 0 Å². The number of carbonyl (C=O) groups is 3. The van der Waals surface area contributed by atoms with E-state index in [-0.39, 0.29) is 37.5 Å². The molecule has 0 unspecified atom stereocenters. The molecule has 0 aliphatic heterocycles. The van der Waals surface area contributed by atoms with Gasteiger partial charge in [-0.15, -0.1) is 0 Å². The topological polar surface area (TPSA) is 138 Å². The van der Waals surface area contributed by atoms with E-state index in [9.17, 15) is 24.3 Å². The Balaban J connectivity index is 1.36. The van der Waals surface area contributed by atoms with Crippen LogP contribution >= 0.6 is 0 Å². The van der Waals surface area contributed by atoms with Crippen LogP contribution in [0.25, 0.3) is 0 Å². The summed E-state index contributed by atoms with van der Waals surface area (Å²) in [6.07, 6.45) is -0.316. The summed E-state index contributed by atoms with van der Waals surface area (Å²) >= 11 is 0. The molecule has 41 heavy (non-hydrogen) atoms. The van der Waals surface area contributed by atoms with Crippen molar-refractivity contribution in [1.82, 2.24) is 15.6 Å². The maximum atomic E-state index is 13.0. The van der Waals surface area contributed by atoms with Crippen molar-refractivity contribution in [3.8, 4) is 0 Å². The lowest BCUT2D eigenvalue weighted by Crippen LogP contribution is -2.43. The third-order valence-corrected chi connectivity index (χ3v) is 6.51. The molecule has 0 fully saturated rings. The molecule has 1 heterocycles. The third-order valence-electron chi connectivity index (χ3n) is 6.51. The van der Waals surface area contributed by atoms with Gasteiger partial charge in [-0.3, -0.25) is 9.59 Å². The van der Waals surface area contributed by atoms with Crippen molar-refractivity contribution in [2.45, 2.75) is 31.4 Å². The first-order valence-electron chi connectivity index (χ1n) is 13.2. The lowest BCUT2D eigenvalue weighted by Gasteiger charge is -2.19. The molecule has 4 rings (SSSR count). The number of aliphatic carboxylic acids is 1. The predicted molar refractivity (Wildman–Crippen MR) is 154 cm³/mol. The summed E-state index contributed by atoms with van der Waals surface area (Å²) < 4.78 is 5.13. The Labute approximate surface area is 237 Å². The SMILES string of the molecule is O=C(NCCC[C@H](NC(=O)c1ccc(C(c2ccccc2)c2ccccc2)[nH]c1=O)C(=O)O)OCc1ccccc1. The van der Waals surface area contributed by atoms with Gasteiger partial charge < -0.3 is 25.5 Å². The number of aromatic amines is 1. The number of ether oxygens (including phenoxy) is 1. The van der Waals surface area contributed by atoms with Gasteiger partial charge in [-0.2, -0.15) is 0 Å². The van der Waals surface area contributed by atoms with Gasteiger partial charge in [0.1, 0.15) is 18.2 Å². The van der Waals surface area contributed by atoms with Crippen molar-refractivity contribution >= 4 is 18.0 Å². The number of aromatic nitrogens is 1. The molecule has 0 spiro atoms. The maximum Gasteiger partial charge on any atom is 0.407 e. The zero-order valence-electron chi connectivity index (χ0n) is 22.3. The summed E-state index contributed by atoms with van der Waals surface area (Å²) in [5.74, 6) is -2.30. The highest BCUT2D eigenvalue weighted by molar-refractivity contribution is 5.96. The number of hydrogen-bond donors (Lipinski definition) is 4. The normalized spacial score (nSPS) is 11.4. The molecule has 0 saturated carbocycles. The van der Waals surface area contributed by atoms with Gasteiger partial charge in [0.2, 0.25) is 0 Å². The fraction of sp³-hybridized carbons (Fsp3) is 0.188. The minimum absolute atomic E-state index is 0.0418. The number of benzene rings is 3. The molecule has 9 heteroatoms. The lowest BCUT2D eigenvalue weighted by molar-refractivity contribution is -0.139. The van der Waals surface area contributed by atoms with E-state index in [1.54, 1.807) is 6.07 Å². The van der Waals surface area contributed by atoms with Crippen molar-refractivity contribution in [3.05, 3.63) is 141 Å². The Hall–Kier alpha value is -5.18. The number of nitrogens with one attached hydrogen (secondary N) is 3. The van der Waals surface area contributed by atoms with Gasteiger partial charge in [0.05, 0.1) is 0 Å². The number of rotatable bonds is 12. The Morgan fingerprint density at radius 2 is 1.39 bits per heavy atom. The minimum atomic E-state index is -1.25. The van der Waals surface area contributed by atoms with Crippen LogP contribution in [0.4, 0.5) is 4.79 Å². The number of amides is 2. The zero-order valence-corrected chi connectivity index (χ0v) is 22.3. The molecule has 0 saturated heterocycles. The molecule has 2 amide bonds. The van der Waals surface area contributed by atoms with E-state index in [1.807, 2.05) is 91.0 Å². The first-order chi connectivity index (χ1) is 19.9. The molecular formula is C32H31N3O6. The van der Waals surface area contributed by atoms with Gasteiger partial charge in [-0.1, -0.05) is 91.0 Å². The van der Waals surface area contributed by atoms with Crippen LogP contribution in [-0.4, -0.2) is 40.6 Å². The highest BCUT2D eigenvalue weighted by atomic mass is 16.5. The Kier molecular flexibility index (Phi) is 10.0.